The minimum atomic E-state index is -0.425. The SMILES string of the molecule is CN(CCCN1CCC(OC(=O)Nc2ccccc2-c2ccccc2)CC1)C(=O)c1ccc(CN2CCC(C(=O)NCCO)CC2)cc1. The van der Waals surface area contributed by atoms with Gasteiger partial charge >= 0.3 is 6.09 Å². The molecule has 3 aromatic carbocycles. The van der Waals surface area contributed by atoms with Gasteiger partial charge in [-0.05, 0) is 81.1 Å². The average Bonchev–Trinajstić information content (AvgIpc) is 3.12. The van der Waals surface area contributed by atoms with E-state index in [4.69, 9.17) is 9.84 Å². The van der Waals surface area contributed by atoms with Crippen molar-refractivity contribution in [2.45, 2.75) is 44.8 Å². The lowest BCUT2D eigenvalue weighted by Crippen LogP contribution is -2.40. The van der Waals surface area contributed by atoms with Crippen LogP contribution in [0.4, 0.5) is 10.5 Å². The Labute approximate surface area is 284 Å². The van der Waals surface area contributed by atoms with Gasteiger partial charge in [0.25, 0.3) is 5.91 Å². The molecule has 3 N–H and O–H groups in total. The number of aliphatic hydroxyl groups excluding tert-OH is 1. The second-order valence-corrected chi connectivity index (χ2v) is 12.8. The fourth-order valence-electron chi connectivity index (χ4n) is 6.54. The quantitative estimate of drug-likeness (QED) is 0.241. The van der Waals surface area contributed by atoms with Crippen LogP contribution in [-0.4, -0.2) is 103 Å². The number of carbonyl (C=O) groups is 3. The summed E-state index contributed by atoms with van der Waals surface area (Å²) in [4.78, 5) is 44.5. The number of amides is 3. The number of hydrogen-bond acceptors (Lipinski definition) is 7. The number of piperidine rings is 2. The molecule has 2 fully saturated rings. The molecule has 48 heavy (non-hydrogen) atoms. The second-order valence-electron chi connectivity index (χ2n) is 12.8. The maximum absolute atomic E-state index is 13.1. The van der Waals surface area contributed by atoms with E-state index in [1.807, 2.05) is 85.9 Å². The van der Waals surface area contributed by atoms with E-state index in [2.05, 4.69) is 20.4 Å². The standard InChI is InChI=1S/C38H49N5O5/c1-41(37(46)32-14-12-29(13-15-32)28-43-23-16-31(17-24-43)36(45)39-20-27-44)21-7-22-42-25-18-33(19-26-42)48-38(47)40-35-11-6-5-10-34(35)30-8-3-2-4-9-30/h2-6,8-15,31,33,44H,7,16-28H2,1H3,(H,39,45)(H,40,47). The van der Waals surface area contributed by atoms with Gasteiger partial charge in [-0.3, -0.25) is 19.8 Å². The van der Waals surface area contributed by atoms with Crippen LogP contribution in [0.15, 0.2) is 78.9 Å². The third kappa shape index (κ3) is 10.1. The normalized spacial score (nSPS) is 16.3. The maximum Gasteiger partial charge on any atom is 0.411 e. The molecular weight excluding hydrogens is 606 g/mol. The number of benzene rings is 3. The summed E-state index contributed by atoms with van der Waals surface area (Å²) >= 11 is 0. The summed E-state index contributed by atoms with van der Waals surface area (Å²) in [6.45, 7) is 6.04. The zero-order valence-corrected chi connectivity index (χ0v) is 28.0. The Morgan fingerprint density at radius 3 is 2.23 bits per heavy atom. The van der Waals surface area contributed by atoms with Crippen molar-refractivity contribution in [3.05, 3.63) is 90.0 Å². The van der Waals surface area contributed by atoms with Gasteiger partial charge in [-0.25, -0.2) is 4.79 Å². The molecule has 10 nitrogen and oxygen atoms in total. The first kappa shape index (κ1) is 35.1. The van der Waals surface area contributed by atoms with Crippen molar-refractivity contribution in [3.63, 3.8) is 0 Å². The fourth-order valence-corrected chi connectivity index (χ4v) is 6.54. The number of ether oxygens (including phenoxy) is 1. The van der Waals surface area contributed by atoms with E-state index in [1.54, 1.807) is 4.90 Å². The van der Waals surface area contributed by atoms with Gasteiger partial charge in [-0.1, -0.05) is 60.7 Å². The maximum atomic E-state index is 13.1. The van der Waals surface area contributed by atoms with Gasteiger partial charge in [0.15, 0.2) is 0 Å². The van der Waals surface area contributed by atoms with Gasteiger partial charge in [-0.2, -0.15) is 0 Å². The predicted octanol–water partition coefficient (Wildman–Crippen LogP) is 4.85. The van der Waals surface area contributed by atoms with Crippen molar-refractivity contribution >= 4 is 23.6 Å². The number of carbonyl (C=O) groups excluding carboxylic acids is 3. The third-order valence-electron chi connectivity index (χ3n) is 9.35. The molecule has 0 saturated carbocycles. The van der Waals surface area contributed by atoms with E-state index in [0.29, 0.717) is 18.7 Å². The first-order chi connectivity index (χ1) is 23.4. The number of likely N-dealkylation sites (tertiary alicyclic amines) is 2. The number of nitrogens with one attached hydrogen (secondary N) is 2. The van der Waals surface area contributed by atoms with Crippen molar-refractivity contribution in [2.24, 2.45) is 5.92 Å². The molecule has 3 aromatic rings. The zero-order chi connectivity index (χ0) is 33.7. The van der Waals surface area contributed by atoms with Crippen LogP contribution < -0.4 is 10.6 Å². The van der Waals surface area contributed by atoms with E-state index in [1.165, 1.54) is 0 Å². The average molecular weight is 656 g/mol. The van der Waals surface area contributed by atoms with Crippen LogP contribution in [0.25, 0.3) is 11.1 Å². The predicted molar refractivity (Wildman–Crippen MR) is 188 cm³/mol. The van der Waals surface area contributed by atoms with E-state index in [0.717, 1.165) is 93.8 Å². The van der Waals surface area contributed by atoms with Crippen LogP contribution in [0.1, 0.15) is 48.0 Å². The summed E-state index contributed by atoms with van der Waals surface area (Å²) < 4.78 is 5.78. The molecule has 3 amide bonds. The summed E-state index contributed by atoms with van der Waals surface area (Å²) in [5.74, 6) is 0.0639. The molecule has 2 heterocycles. The number of nitrogens with zero attached hydrogens (tertiary/aromatic N) is 3. The molecule has 0 bridgehead atoms. The fraction of sp³-hybridized carbons (Fsp3) is 0.447. The van der Waals surface area contributed by atoms with E-state index in [-0.39, 0.29) is 30.4 Å². The Kier molecular flexibility index (Phi) is 13.0. The van der Waals surface area contributed by atoms with Crippen molar-refractivity contribution in [3.8, 4) is 11.1 Å². The lowest BCUT2D eigenvalue weighted by molar-refractivity contribution is -0.126. The molecule has 0 radical (unpaired) electrons. The highest BCUT2D eigenvalue weighted by atomic mass is 16.6. The molecule has 2 aliphatic heterocycles. The topological polar surface area (TPSA) is 114 Å². The van der Waals surface area contributed by atoms with Crippen molar-refractivity contribution in [1.82, 2.24) is 20.0 Å². The highest BCUT2D eigenvalue weighted by Gasteiger charge is 2.25. The monoisotopic (exact) mass is 655 g/mol. The molecule has 2 saturated heterocycles. The van der Waals surface area contributed by atoms with Crippen LogP contribution in [0.3, 0.4) is 0 Å². The largest absolute Gasteiger partial charge is 0.446 e. The molecule has 0 spiro atoms. The number of para-hydroxylation sites is 1. The molecule has 10 heteroatoms. The van der Waals surface area contributed by atoms with Crippen LogP contribution in [0, 0.1) is 5.92 Å². The molecule has 2 aliphatic rings. The molecule has 5 rings (SSSR count). The number of anilines is 1. The number of rotatable bonds is 13. The lowest BCUT2D eigenvalue weighted by Gasteiger charge is -2.32. The van der Waals surface area contributed by atoms with Gasteiger partial charge in [0.1, 0.15) is 6.10 Å². The van der Waals surface area contributed by atoms with Gasteiger partial charge in [0.05, 0.1) is 12.3 Å². The minimum Gasteiger partial charge on any atom is -0.446 e. The summed E-state index contributed by atoms with van der Waals surface area (Å²) in [6, 6.07) is 25.6. The van der Waals surface area contributed by atoms with Gasteiger partial charge in [-0.15, -0.1) is 0 Å². The smallest absolute Gasteiger partial charge is 0.411 e. The van der Waals surface area contributed by atoms with Crippen LogP contribution >= 0.6 is 0 Å². The highest BCUT2D eigenvalue weighted by Crippen LogP contribution is 2.28. The minimum absolute atomic E-state index is 0.0113. The number of hydrogen-bond donors (Lipinski definition) is 3. The zero-order valence-electron chi connectivity index (χ0n) is 28.0. The first-order valence-electron chi connectivity index (χ1n) is 17.2. The second kappa shape index (κ2) is 17.8. The van der Waals surface area contributed by atoms with Crippen LogP contribution in [0.2, 0.25) is 0 Å². The van der Waals surface area contributed by atoms with Gasteiger partial charge < -0.3 is 25.0 Å². The van der Waals surface area contributed by atoms with Crippen molar-refractivity contribution in [1.29, 1.82) is 0 Å². The lowest BCUT2D eigenvalue weighted by atomic mass is 9.95. The van der Waals surface area contributed by atoms with Crippen LogP contribution in [-0.2, 0) is 16.1 Å². The molecular formula is C38H49N5O5. The Bertz CT molecular complexity index is 1470. The van der Waals surface area contributed by atoms with Gasteiger partial charge in [0, 0.05) is 56.8 Å². The Morgan fingerprint density at radius 2 is 1.52 bits per heavy atom. The summed E-state index contributed by atoms with van der Waals surface area (Å²) in [5, 5.41) is 14.6. The summed E-state index contributed by atoms with van der Waals surface area (Å²) in [6.07, 6.45) is 3.52. The van der Waals surface area contributed by atoms with E-state index >= 15 is 0 Å². The molecule has 0 aromatic heterocycles. The molecule has 0 atom stereocenters. The summed E-state index contributed by atoms with van der Waals surface area (Å²) in [7, 11) is 1.85. The Morgan fingerprint density at radius 1 is 0.854 bits per heavy atom. The highest BCUT2D eigenvalue weighted by molar-refractivity contribution is 5.94. The van der Waals surface area contributed by atoms with Crippen molar-refractivity contribution in [2.75, 3.05) is 64.8 Å². The van der Waals surface area contributed by atoms with E-state index in [9.17, 15) is 14.4 Å². The molecule has 256 valence electrons. The Hall–Kier alpha value is -4.25. The molecule has 0 unspecified atom stereocenters. The molecule has 0 aliphatic carbocycles. The summed E-state index contributed by atoms with van der Waals surface area (Å²) in [5.41, 5.74) is 4.56. The van der Waals surface area contributed by atoms with Crippen molar-refractivity contribution < 1.29 is 24.2 Å². The Balaban J connectivity index is 0.972. The van der Waals surface area contributed by atoms with E-state index < -0.39 is 6.09 Å². The third-order valence-corrected chi connectivity index (χ3v) is 9.35. The van der Waals surface area contributed by atoms with Gasteiger partial charge in [0.2, 0.25) is 5.91 Å². The first-order valence-corrected chi connectivity index (χ1v) is 17.2. The number of aliphatic hydroxyl groups is 1. The van der Waals surface area contributed by atoms with Crippen LogP contribution in [0.5, 0.6) is 0 Å².